The van der Waals surface area contributed by atoms with Crippen molar-refractivity contribution in [2.24, 2.45) is 5.73 Å². The van der Waals surface area contributed by atoms with Crippen LogP contribution in [0.3, 0.4) is 0 Å². The van der Waals surface area contributed by atoms with Crippen molar-refractivity contribution in [3.8, 4) is 0 Å². The maximum Gasteiger partial charge on any atom is 0.159 e. The molecule has 1 aromatic carbocycles. The lowest BCUT2D eigenvalue weighted by Gasteiger charge is -2.18. The molecule has 0 heterocycles. The highest BCUT2D eigenvalue weighted by molar-refractivity contribution is 7.91. The van der Waals surface area contributed by atoms with Crippen molar-refractivity contribution in [2.75, 3.05) is 6.26 Å². The largest absolute Gasteiger partial charge is 0.326 e. The van der Waals surface area contributed by atoms with Crippen LogP contribution < -0.4 is 5.73 Å². The lowest BCUT2D eigenvalue weighted by Crippen LogP contribution is -2.39. The Morgan fingerprint density at radius 2 is 1.88 bits per heavy atom. The fraction of sp³-hybridized carbons (Fsp3) is 0.455. The fourth-order valence-electron chi connectivity index (χ4n) is 1.42. The Bertz CT molecular complexity index is 502. The van der Waals surface area contributed by atoms with Gasteiger partial charge in [-0.05, 0) is 31.0 Å². The average molecular weight is 263 g/mol. The molecule has 0 spiro atoms. The van der Waals surface area contributed by atoms with Crippen LogP contribution in [0.4, 0.5) is 8.78 Å². The second-order valence-corrected chi connectivity index (χ2v) is 6.55. The monoisotopic (exact) mass is 263 g/mol. The van der Waals surface area contributed by atoms with Crippen molar-refractivity contribution in [1.82, 2.24) is 0 Å². The molecule has 96 valence electrons. The Kier molecular flexibility index (Phi) is 4.21. The molecular formula is C11H15F2NO2S. The second-order valence-electron chi connectivity index (χ2n) is 4.15. The molecule has 6 heteroatoms. The van der Waals surface area contributed by atoms with Crippen LogP contribution in [0, 0.1) is 11.6 Å². The Balaban J connectivity index is 2.81. The zero-order valence-corrected chi connectivity index (χ0v) is 10.5. The molecule has 1 rings (SSSR count). The number of sulfone groups is 1. The lowest BCUT2D eigenvalue weighted by atomic mass is 10.0. The summed E-state index contributed by atoms with van der Waals surface area (Å²) in [7, 11) is -3.23. The summed E-state index contributed by atoms with van der Waals surface area (Å²) in [6, 6.07) is 2.79. The minimum Gasteiger partial charge on any atom is -0.326 e. The van der Waals surface area contributed by atoms with Gasteiger partial charge < -0.3 is 5.73 Å². The summed E-state index contributed by atoms with van der Waals surface area (Å²) in [5.41, 5.74) is 6.21. The summed E-state index contributed by atoms with van der Waals surface area (Å²) in [5, 5.41) is -0.726. The molecular weight excluding hydrogens is 248 g/mol. The molecule has 17 heavy (non-hydrogen) atoms. The van der Waals surface area contributed by atoms with Gasteiger partial charge in [0.05, 0.1) is 5.25 Å². The first kappa shape index (κ1) is 14.1. The summed E-state index contributed by atoms with van der Waals surface area (Å²) >= 11 is 0. The zero-order valence-electron chi connectivity index (χ0n) is 9.65. The van der Waals surface area contributed by atoms with E-state index >= 15 is 0 Å². The molecule has 0 amide bonds. The molecule has 0 radical (unpaired) electrons. The van der Waals surface area contributed by atoms with Crippen LogP contribution in [0.2, 0.25) is 0 Å². The average Bonchev–Trinajstić information content (AvgIpc) is 2.21. The maximum atomic E-state index is 12.9. The van der Waals surface area contributed by atoms with Crippen LogP contribution >= 0.6 is 0 Å². The third-order valence-electron chi connectivity index (χ3n) is 2.73. The molecule has 0 saturated heterocycles. The van der Waals surface area contributed by atoms with Crippen molar-refractivity contribution in [3.63, 3.8) is 0 Å². The summed E-state index contributed by atoms with van der Waals surface area (Å²) < 4.78 is 48.2. The molecule has 3 nitrogen and oxygen atoms in total. The fourth-order valence-corrected chi connectivity index (χ4v) is 2.15. The highest BCUT2D eigenvalue weighted by Crippen LogP contribution is 2.13. The van der Waals surface area contributed by atoms with Crippen LogP contribution in [0.5, 0.6) is 0 Å². The van der Waals surface area contributed by atoms with Crippen LogP contribution in [-0.2, 0) is 16.3 Å². The topological polar surface area (TPSA) is 60.2 Å². The van der Waals surface area contributed by atoms with Crippen LogP contribution in [0.25, 0.3) is 0 Å². The van der Waals surface area contributed by atoms with Crippen LogP contribution in [0.15, 0.2) is 18.2 Å². The van der Waals surface area contributed by atoms with Gasteiger partial charge in [0.1, 0.15) is 0 Å². The molecule has 0 aliphatic heterocycles. The predicted octanol–water partition coefficient (Wildman–Crippen LogP) is 1.27. The van der Waals surface area contributed by atoms with E-state index in [1.54, 1.807) is 0 Å². The van der Waals surface area contributed by atoms with Gasteiger partial charge in [0.15, 0.2) is 21.5 Å². The molecule has 0 saturated carbocycles. The summed E-state index contributed by atoms with van der Waals surface area (Å²) in [4.78, 5) is 0. The van der Waals surface area contributed by atoms with E-state index in [1.807, 2.05) is 0 Å². The van der Waals surface area contributed by atoms with E-state index in [9.17, 15) is 17.2 Å². The van der Waals surface area contributed by atoms with Crippen molar-refractivity contribution < 1.29 is 17.2 Å². The quantitative estimate of drug-likeness (QED) is 0.890. The molecule has 0 aliphatic carbocycles. The highest BCUT2D eigenvalue weighted by Gasteiger charge is 2.23. The molecule has 2 N–H and O–H groups in total. The Labute approximate surface area is 99.6 Å². The number of rotatable bonds is 4. The standard InChI is InChI=1S/C11H15F2NO2S/c1-7(17(2,15)16)11(14)6-8-3-4-9(12)10(13)5-8/h3-5,7,11H,6,14H2,1-2H3. The molecule has 0 bridgehead atoms. The molecule has 1 aromatic rings. The van der Waals surface area contributed by atoms with E-state index in [0.717, 1.165) is 18.4 Å². The third-order valence-corrected chi connectivity index (χ3v) is 4.43. The van der Waals surface area contributed by atoms with E-state index < -0.39 is 32.8 Å². The number of hydrogen-bond acceptors (Lipinski definition) is 3. The molecule has 2 atom stereocenters. The van der Waals surface area contributed by atoms with Gasteiger partial charge in [0.25, 0.3) is 0 Å². The summed E-state index contributed by atoms with van der Waals surface area (Å²) in [5.74, 6) is -1.89. The first-order chi connectivity index (χ1) is 7.71. The van der Waals surface area contributed by atoms with E-state index in [4.69, 9.17) is 5.73 Å². The molecule has 0 aromatic heterocycles. The number of nitrogens with two attached hydrogens (primary N) is 1. The van der Waals surface area contributed by atoms with Gasteiger partial charge in [-0.25, -0.2) is 17.2 Å². The van der Waals surface area contributed by atoms with E-state index in [-0.39, 0.29) is 6.42 Å². The van der Waals surface area contributed by atoms with Crippen molar-refractivity contribution in [3.05, 3.63) is 35.4 Å². The van der Waals surface area contributed by atoms with E-state index in [1.165, 1.54) is 13.0 Å². The molecule has 2 unspecified atom stereocenters. The normalized spacial score (nSPS) is 15.6. The van der Waals surface area contributed by atoms with Gasteiger partial charge in [0.2, 0.25) is 0 Å². The van der Waals surface area contributed by atoms with Gasteiger partial charge in [0, 0.05) is 12.3 Å². The van der Waals surface area contributed by atoms with Gasteiger partial charge in [-0.2, -0.15) is 0 Å². The number of hydrogen-bond donors (Lipinski definition) is 1. The highest BCUT2D eigenvalue weighted by atomic mass is 32.2. The van der Waals surface area contributed by atoms with Crippen molar-refractivity contribution in [2.45, 2.75) is 24.6 Å². The second kappa shape index (κ2) is 5.10. The van der Waals surface area contributed by atoms with Gasteiger partial charge in [-0.1, -0.05) is 6.07 Å². The Morgan fingerprint density at radius 3 is 2.35 bits per heavy atom. The number of halogens is 2. The minimum absolute atomic E-state index is 0.186. The molecule has 0 aliphatic rings. The summed E-state index contributed by atoms with van der Waals surface area (Å²) in [6.07, 6.45) is 1.29. The van der Waals surface area contributed by atoms with Crippen molar-refractivity contribution in [1.29, 1.82) is 0 Å². The van der Waals surface area contributed by atoms with E-state index in [0.29, 0.717) is 5.56 Å². The number of benzene rings is 1. The first-order valence-electron chi connectivity index (χ1n) is 5.10. The van der Waals surface area contributed by atoms with Crippen LogP contribution in [0.1, 0.15) is 12.5 Å². The summed E-state index contributed by atoms with van der Waals surface area (Å²) in [6.45, 7) is 1.50. The predicted molar refractivity (Wildman–Crippen MR) is 62.3 cm³/mol. The molecule has 0 fully saturated rings. The SMILES string of the molecule is CC(C(N)Cc1ccc(F)c(F)c1)S(C)(=O)=O. The van der Waals surface area contributed by atoms with Crippen molar-refractivity contribution >= 4 is 9.84 Å². The van der Waals surface area contributed by atoms with Crippen LogP contribution in [-0.4, -0.2) is 26.0 Å². The maximum absolute atomic E-state index is 12.9. The lowest BCUT2D eigenvalue weighted by molar-refractivity contribution is 0.505. The zero-order chi connectivity index (χ0) is 13.2. The first-order valence-corrected chi connectivity index (χ1v) is 7.05. The van der Waals surface area contributed by atoms with Gasteiger partial charge >= 0.3 is 0 Å². The van der Waals surface area contributed by atoms with E-state index in [2.05, 4.69) is 0 Å². The third kappa shape index (κ3) is 3.74. The smallest absolute Gasteiger partial charge is 0.159 e. The minimum atomic E-state index is -3.23. The Hall–Kier alpha value is -1.01. The Morgan fingerprint density at radius 1 is 1.29 bits per heavy atom. The van der Waals surface area contributed by atoms with Gasteiger partial charge in [-0.15, -0.1) is 0 Å². The van der Waals surface area contributed by atoms with Gasteiger partial charge in [-0.3, -0.25) is 0 Å².